The van der Waals surface area contributed by atoms with Gasteiger partial charge in [-0.15, -0.1) is 0 Å². The lowest BCUT2D eigenvalue weighted by atomic mass is 10.1. The van der Waals surface area contributed by atoms with Crippen LogP contribution in [-0.4, -0.2) is 25.2 Å². The van der Waals surface area contributed by atoms with E-state index in [-0.39, 0.29) is 0 Å². The standard InChI is InChI=1S/C12H19NO2Si/c1-16(2,3)10-6-4-9(5-7-10)8-11(13)12(14)15/h4-7,11H,8,13H2,1-3H3,(H,14,15)/t11-/m0/s1. The van der Waals surface area contributed by atoms with E-state index < -0.39 is 20.1 Å². The summed E-state index contributed by atoms with van der Waals surface area (Å²) in [5, 5.41) is 10.1. The van der Waals surface area contributed by atoms with E-state index in [0.29, 0.717) is 6.42 Å². The lowest BCUT2D eigenvalue weighted by molar-refractivity contribution is -0.138. The molecule has 0 unspecified atom stereocenters. The molecule has 1 atom stereocenters. The Kier molecular flexibility index (Phi) is 3.88. The summed E-state index contributed by atoms with van der Waals surface area (Å²) in [4.78, 5) is 10.6. The van der Waals surface area contributed by atoms with E-state index in [1.807, 2.05) is 12.1 Å². The number of carboxylic acids is 1. The second kappa shape index (κ2) is 4.80. The van der Waals surface area contributed by atoms with Gasteiger partial charge >= 0.3 is 5.97 Å². The summed E-state index contributed by atoms with van der Waals surface area (Å²) in [5.41, 5.74) is 6.46. The highest BCUT2D eigenvalue weighted by molar-refractivity contribution is 6.88. The number of rotatable bonds is 4. The van der Waals surface area contributed by atoms with Crippen molar-refractivity contribution in [2.75, 3.05) is 0 Å². The molecule has 0 radical (unpaired) electrons. The monoisotopic (exact) mass is 237 g/mol. The summed E-state index contributed by atoms with van der Waals surface area (Å²) in [5.74, 6) is -0.950. The third-order valence-corrected chi connectivity index (χ3v) is 4.66. The summed E-state index contributed by atoms with van der Waals surface area (Å²) in [7, 11) is -1.27. The molecule has 16 heavy (non-hydrogen) atoms. The fourth-order valence-electron chi connectivity index (χ4n) is 1.48. The minimum atomic E-state index is -1.27. The summed E-state index contributed by atoms with van der Waals surface area (Å²) < 4.78 is 0. The Morgan fingerprint density at radius 2 is 1.81 bits per heavy atom. The summed E-state index contributed by atoms with van der Waals surface area (Å²) >= 11 is 0. The maximum Gasteiger partial charge on any atom is 0.320 e. The van der Waals surface area contributed by atoms with Crippen LogP contribution < -0.4 is 10.9 Å². The highest BCUT2D eigenvalue weighted by Crippen LogP contribution is 2.06. The van der Waals surface area contributed by atoms with Crippen LogP contribution >= 0.6 is 0 Å². The van der Waals surface area contributed by atoms with Crippen molar-refractivity contribution in [3.8, 4) is 0 Å². The molecule has 0 saturated heterocycles. The average molecular weight is 237 g/mol. The molecule has 88 valence electrons. The van der Waals surface area contributed by atoms with E-state index in [2.05, 4.69) is 31.8 Å². The molecule has 0 heterocycles. The Bertz CT molecular complexity index is 368. The molecule has 3 nitrogen and oxygen atoms in total. The average Bonchev–Trinajstić information content (AvgIpc) is 2.17. The normalized spacial score (nSPS) is 13.5. The van der Waals surface area contributed by atoms with E-state index in [1.54, 1.807) is 0 Å². The second-order valence-corrected chi connectivity index (χ2v) is 10.2. The molecule has 0 aliphatic rings. The quantitative estimate of drug-likeness (QED) is 0.773. The maximum atomic E-state index is 10.6. The van der Waals surface area contributed by atoms with Crippen molar-refractivity contribution in [3.63, 3.8) is 0 Å². The second-order valence-electron chi connectivity index (χ2n) is 5.10. The Balaban J connectivity index is 2.76. The fourth-order valence-corrected chi connectivity index (χ4v) is 2.65. The van der Waals surface area contributed by atoms with Crippen LogP contribution in [0.15, 0.2) is 24.3 Å². The van der Waals surface area contributed by atoms with Crippen LogP contribution in [0.4, 0.5) is 0 Å². The van der Waals surface area contributed by atoms with E-state index in [0.717, 1.165) is 5.56 Å². The van der Waals surface area contributed by atoms with Gasteiger partial charge in [0.15, 0.2) is 0 Å². The van der Waals surface area contributed by atoms with Crippen LogP contribution in [0.25, 0.3) is 0 Å². The molecular formula is C12H19NO2Si. The van der Waals surface area contributed by atoms with Gasteiger partial charge in [0, 0.05) is 0 Å². The zero-order valence-corrected chi connectivity index (χ0v) is 11.0. The first-order valence-electron chi connectivity index (χ1n) is 5.38. The topological polar surface area (TPSA) is 63.3 Å². The van der Waals surface area contributed by atoms with Crippen LogP contribution in [0.2, 0.25) is 19.6 Å². The van der Waals surface area contributed by atoms with Gasteiger partial charge in [-0.3, -0.25) is 4.79 Å². The van der Waals surface area contributed by atoms with Crippen molar-refractivity contribution < 1.29 is 9.90 Å². The van der Waals surface area contributed by atoms with E-state index in [9.17, 15) is 4.79 Å². The first kappa shape index (κ1) is 12.9. The number of aliphatic carboxylic acids is 1. The van der Waals surface area contributed by atoms with E-state index in [4.69, 9.17) is 10.8 Å². The third-order valence-electron chi connectivity index (χ3n) is 2.59. The minimum absolute atomic E-state index is 0.390. The number of hydrogen-bond acceptors (Lipinski definition) is 2. The lowest BCUT2D eigenvalue weighted by Crippen LogP contribution is -2.37. The van der Waals surface area contributed by atoms with Crippen molar-refractivity contribution in [1.29, 1.82) is 0 Å². The van der Waals surface area contributed by atoms with Crippen molar-refractivity contribution >= 4 is 19.2 Å². The number of hydrogen-bond donors (Lipinski definition) is 2. The van der Waals surface area contributed by atoms with Crippen molar-refractivity contribution in [3.05, 3.63) is 29.8 Å². The first-order chi connectivity index (χ1) is 7.30. The molecule has 1 rings (SSSR count). The molecule has 0 fully saturated rings. The third kappa shape index (κ3) is 3.47. The smallest absolute Gasteiger partial charge is 0.320 e. The Labute approximate surface area is 97.3 Å². The zero-order valence-electron chi connectivity index (χ0n) is 10.0. The van der Waals surface area contributed by atoms with Gasteiger partial charge in [0.1, 0.15) is 6.04 Å². The molecule has 3 N–H and O–H groups in total. The Morgan fingerprint density at radius 3 is 2.19 bits per heavy atom. The SMILES string of the molecule is C[Si](C)(C)c1ccc(C[C@H](N)C(=O)O)cc1. The van der Waals surface area contributed by atoms with Gasteiger partial charge in [-0.05, 0) is 12.0 Å². The van der Waals surface area contributed by atoms with Crippen LogP contribution in [-0.2, 0) is 11.2 Å². The number of carboxylic acid groups (broad SMARTS) is 1. The molecule has 0 aromatic heterocycles. The van der Waals surface area contributed by atoms with Gasteiger partial charge in [0.05, 0.1) is 8.07 Å². The molecular weight excluding hydrogens is 218 g/mol. The molecule has 1 aromatic carbocycles. The molecule has 0 saturated carbocycles. The highest BCUT2D eigenvalue weighted by Gasteiger charge is 2.16. The Morgan fingerprint density at radius 1 is 1.31 bits per heavy atom. The molecule has 0 amide bonds. The van der Waals surface area contributed by atoms with Crippen molar-refractivity contribution in [2.45, 2.75) is 32.1 Å². The first-order valence-corrected chi connectivity index (χ1v) is 8.88. The van der Waals surface area contributed by atoms with Crippen LogP contribution in [0, 0.1) is 0 Å². The summed E-state index contributed by atoms with van der Waals surface area (Å²) in [6.45, 7) is 6.85. The van der Waals surface area contributed by atoms with Gasteiger partial charge in [-0.2, -0.15) is 0 Å². The maximum absolute atomic E-state index is 10.6. The largest absolute Gasteiger partial charge is 0.480 e. The molecule has 4 heteroatoms. The Hall–Kier alpha value is -1.13. The van der Waals surface area contributed by atoms with Crippen molar-refractivity contribution in [2.24, 2.45) is 5.73 Å². The van der Waals surface area contributed by atoms with Crippen molar-refractivity contribution in [1.82, 2.24) is 0 Å². The lowest BCUT2D eigenvalue weighted by Gasteiger charge is -2.17. The minimum Gasteiger partial charge on any atom is -0.480 e. The van der Waals surface area contributed by atoms with Gasteiger partial charge < -0.3 is 10.8 Å². The zero-order chi connectivity index (χ0) is 12.3. The fraction of sp³-hybridized carbons (Fsp3) is 0.417. The van der Waals surface area contributed by atoms with Gasteiger partial charge in [-0.1, -0.05) is 49.1 Å². The van der Waals surface area contributed by atoms with Gasteiger partial charge in [-0.25, -0.2) is 0 Å². The number of nitrogens with two attached hydrogens (primary N) is 1. The molecule has 0 aliphatic heterocycles. The highest BCUT2D eigenvalue weighted by atomic mass is 28.3. The van der Waals surface area contributed by atoms with Gasteiger partial charge in [0.25, 0.3) is 0 Å². The molecule has 1 aromatic rings. The molecule has 0 spiro atoms. The molecule has 0 bridgehead atoms. The number of benzene rings is 1. The number of carbonyl (C=O) groups is 1. The molecule has 0 aliphatic carbocycles. The van der Waals surface area contributed by atoms with Crippen LogP contribution in [0.3, 0.4) is 0 Å². The van der Waals surface area contributed by atoms with Crippen LogP contribution in [0.5, 0.6) is 0 Å². The summed E-state index contributed by atoms with van der Waals surface area (Å²) in [6, 6.07) is 7.34. The predicted octanol–water partition coefficient (Wildman–Crippen LogP) is 1.19. The predicted molar refractivity (Wildman–Crippen MR) is 68.7 cm³/mol. The van der Waals surface area contributed by atoms with E-state index in [1.165, 1.54) is 5.19 Å². The van der Waals surface area contributed by atoms with E-state index >= 15 is 0 Å². The van der Waals surface area contributed by atoms with Crippen LogP contribution in [0.1, 0.15) is 5.56 Å². The van der Waals surface area contributed by atoms with Gasteiger partial charge in [0.2, 0.25) is 0 Å². The summed E-state index contributed by atoms with van der Waals surface area (Å²) in [6.07, 6.45) is 0.390.